The van der Waals surface area contributed by atoms with E-state index in [1.807, 2.05) is 30.3 Å². The Bertz CT molecular complexity index is 1470. The number of nitrogens with zero attached hydrogens (tertiary/aromatic N) is 2. The number of benzene rings is 1. The minimum absolute atomic E-state index is 0.133. The van der Waals surface area contributed by atoms with Gasteiger partial charge < -0.3 is 20.1 Å². The molecule has 1 heterocycles. The number of guanidine groups is 1. The number of amides is 1. The Morgan fingerprint density at radius 2 is 1.96 bits per heavy atom. The van der Waals surface area contributed by atoms with Gasteiger partial charge in [-0.1, -0.05) is 55.7 Å². The van der Waals surface area contributed by atoms with Gasteiger partial charge in [0.2, 0.25) is 5.96 Å². The summed E-state index contributed by atoms with van der Waals surface area (Å²) in [7, 11) is 0. The Kier molecular flexibility index (Phi) is 10.4. The molecule has 2 saturated carbocycles. The van der Waals surface area contributed by atoms with Gasteiger partial charge in [-0.15, -0.1) is 0 Å². The first kappa shape index (κ1) is 33.0. The molecular weight excluding hydrogens is 594 g/mol. The third kappa shape index (κ3) is 7.47. The number of fused-ring (bicyclic) bond motifs is 4. The topological polar surface area (TPSA) is 130 Å². The largest absolute Gasteiger partial charge is 0.464 e. The van der Waals surface area contributed by atoms with Crippen molar-refractivity contribution in [2.45, 2.75) is 97.1 Å². The van der Waals surface area contributed by atoms with Crippen LogP contribution in [0.15, 0.2) is 63.2 Å². The highest BCUT2D eigenvalue weighted by Gasteiger charge is 2.56. The molecule has 0 spiro atoms. The van der Waals surface area contributed by atoms with Gasteiger partial charge in [-0.2, -0.15) is 5.10 Å². The van der Waals surface area contributed by atoms with Crippen LogP contribution in [0.25, 0.3) is 0 Å². The van der Waals surface area contributed by atoms with Gasteiger partial charge in [-0.3, -0.25) is 4.79 Å². The van der Waals surface area contributed by atoms with Crippen molar-refractivity contribution in [2.75, 3.05) is 19.7 Å². The molecule has 1 aromatic rings. The number of alkyl carbamates (subject to hydrolysis) is 1. The second-order valence-corrected chi connectivity index (χ2v) is 13.8. The number of unbranched alkanes of at least 4 members (excludes halogenated alkanes) is 1. The van der Waals surface area contributed by atoms with Crippen molar-refractivity contribution < 1.29 is 23.9 Å². The predicted molar refractivity (Wildman–Crippen MR) is 181 cm³/mol. The summed E-state index contributed by atoms with van der Waals surface area (Å²) in [5, 5.41) is 10.6. The van der Waals surface area contributed by atoms with E-state index in [4.69, 9.17) is 9.47 Å². The smallest absolute Gasteiger partial charge is 0.408 e. The number of Topliss-reactive ketones (excluding diaryl/α,β-unsaturated/α-hetero) is 1. The van der Waals surface area contributed by atoms with E-state index in [-0.39, 0.29) is 18.6 Å². The van der Waals surface area contributed by atoms with Crippen molar-refractivity contribution in [2.24, 2.45) is 33.3 Å². The molecule has 3 N–H and O–H groups in total. The third-order valence-corrected chi connectivity index (χ3v) is 10.9. The summed E-state index contributed by atoms with van der Waals surface area (Å²) in [5.41, 5.74) is 9.30. The summed E-state index contributed by atoms with van der Waals surface area (Å²) in [6.07, 6.45) is 11.3. The first-order valence-electron chi connectivity index (χ1n) is 17.6. The minimum atomic E-state index is -0.767. The quantitative estimate of drug-likeness (QED) is 0.159. The van der Waals surface area contributed by atoms with E-state index in [1.165, 1.54) is 11.1 Å². The lowest BCUT2D eigenvalue weighted by Gasteiger charge is -2.50. The van der Waals surface area contributed by atoms with Crippen LogP contribution < -0.4 is 16.1 Å². The summed E-state index contributed by atoms with van der Waals surface area (Å²) in [6.45, 7) is 5.99. The van der Waals surface area contributed by atoms with E-state index < -0.39 is 18.1 Å². The fraction of sp³-hybridized carbons (Fsp3) is 0.595. The van der Waals surface area contributed by atoms with Crippen LogP contribution >= 0.6 is 0 Å². The van der Waals surface area contributed by atoms with Crippen molar-refractivity contribution in [1.29, 1.82) is 0 Å². The number of nitrogens with one attached hydrogen (secondary N) is 3. The number of esters is 1. The number of hydrogen-bond donors (Lipinski definition) is 3. The lowest BCUT2D eigenvalue weighted by molar-refractivity contribution is -0.145. The maximum absolute atomic E-state index is 13.3. The maximum atomic E-state index is 13.3. The van der Waals surface area contributed by atoms with Crippen LogP contribution in [0.1, 0.15) is 90.0 Å². The summed E-state index contributed by atoms with van der Waals surface area (Å²) in [6, 6.07) is 8.69. The summed E-state index contributed by atoms with van der Waals surface area (Å²) >= 11 is 0. The standard InChI is InChI=1S/C37H49N5O5/c1-3-46-34(44)31(40-36(45)47-23-24-9-5-4-6-10-24)12-8-7-11-26-22-37(2)30(17-18-32(37)43)29-15-13-25-21-27(14-16-28(25)33(26)29)41-42-35-38-19-20-39-35/h4-6,9-10,21,26,29-31H,3,7-8,11-20,22-23H2,1-2H3,(H,40,45)(H2,38,39,42)/t26-,29-,30-,31?,37-/m0/s1. The summed E-state index contributed by atoms with van der Waals surface area (Å²) in [5.74, 6) is 1.96. The molecule has 0 bridgehead atoms. The van der Waals surface area contributed by atoms with Crippen molar-refractivity contribution in [3.63, 3.8) is 0 Å². The molecule has 4 aliphatic carbocycles. The minimum Gasteiger partial charge on any atom is -0.464 e. The number of aliphatic imine (C=N–C) groups is 1. The van der Waals surface area contributed by atoms with Crippen LogP contribution in [-0.2, 0) is 25.7 Å². The molecule has 1 aliphatic heterocycles. The highest BCUT2D eigenvalue weighted by molar-refractivity contribution is 5.98. The van der Waals surface area contributed by atoms with Crippen molar-refractivity contribution in [3.05, 3.63) is 58.7 Å². The molecule has 47 heavy (non-hydrogen) atoms. The van der Waals surface area contributed by atoms with Crippen LogP contribution in [0, 0.1) is 23.2 Å². The number of hydrazone groups is 1. The van der Waals surface area contributed by atoms with E-state index >= 15 is 0 Å². The average Bonchev–Trinajstić information content (AvgIpc) is 3.71. The third-order valence-electron chi connectivity index (χ3n) is 10.9. The summed E-state index contributed by atoms with van der Waals surface area (Å²) < 4.78 is 10.7. The number of allylic oxidation sites excluding steroid dienone is 4. The normalized spacial score (nSPS) is 27.9. The van der Waals surface area contributed by atoms with Crippen LogP contribution in [-0.4, -0.2) is 55.3 Å². The highest BCUT2D eigenvalue weighted by Crippen LogP contribution is 2.61. The van der Waals surface area contributed by atoms with Crippen LogP contribution in [0.4, 0.5) is 4.79 Å². The molecule has 0 aromatic heterocycles. The van der Waals surface area contributed by atoms with Gasteiger partial charge in [-0.25, -0.2) is 20.0 Å². The fourth-order valence-electron chi connectivity index (χ4n) is 8.70. The van der Waals surface area contributed by atoms with Gasteiger partial charge in [0.15, 0.2) is 0 Å². The molecule has 0 radical (unpaired) electrons. The van der Waals surface area contributed by atoms with Gasteiger partial charge in [0.05, 0.1) is 18.9 Å². The molecule has 5 atom stereocenters. The summed E-state index contributed by atoms with van der Waals surface area (Å²) in [4.78, 5) is 43.1. The van der Waals surface area contributed by atoms with E-state index in [0.29, 0.717) is 36.4 Å². The maximum Gasteiger partial charge on any atom is 0.408 e. The number of rotatable bonds is 11. The van der Waals surface area contributed by atoms with Crippen molar-refractivity contribution in [3.8, 4) is 0 Å². The van der Waals surface area contributed by atoms with Crippen molar-refractivity contribution >= 4 is 29.5 Å². The van der Waals surface area contributed by atoms with E-state index in [9.17, 15) is 14.4 Å². The monoisotopic (exact) mass is 643 g/mol. The van der Waals surface area contributed by atoms with Gasteiger partial charge in [-0.05, 0) is 98.8 Å². The first-order chi connectivity index (χ1) is 22.9. The first-order valence-corrected chi connectivity index (χ1v) is 17.6. The zero-order valence-electron chi connectivity index (χ0n) is 27.8. The highest BCUT2D eigenvalue weighted by atomic mass is 16.6. The van der Waals surface area contributed by atoms with Crippen molar-refractivity contribution in [1.82, 2.24) is 16.1 Å². The Labute approximate surface area is 277 Å². The van der Waals surface area contributed by atoms with Gasteiger partial charge in [0.25, 0.3) is 0 Å². The fourth-order valence-corrected chi connectivity index (χ4v) is 8.70. The number of ether oxygens (including phenoxy) is 2. The van der Waals surface area contributed by atoms with E-state index in [0.717, 1.165) is 88.1 Å². The molecule has 5 aliphatic rings. The lowest BCUT2D eigenvalue weighted by Crippen LogP contribution is -2.44. The molecule has 252 valence electrons. The van der Waals surface area contributed by atoms with E-state index in [2.05, 4.69) is 39.2 Å². The molecule has 1 aromatic carbocycles. The second-order valence-electron chi connectivity index (χ2n) is 13.8. The van der Waals surface area contributed by atoms with Gasteiger partial charge in [0.1, 0.15) is 18.4 Å². The second kappa shape index (κ2) is 14.9. The lowest BCUT2D eigenvalue weighted by atomic mass is 9.53. The molecule has 2 fully saturated rings. The number of ketones is 1. The zero-order valence-corrected chi connectivity index (χ0v) is 27.8. The van der Waals surface area contributed by atoms with Gasteiger partial charge in [0, 0.05) is 18.4 Å². The molecule has 0 saturated heterocycles. The van der Waals surface area contributed by atoms with Crippen LogP contribution in [0.2, 0.25) is 0 Å². The zero-order chi connectivity index (χ0) is 32.8. The average molecular weight is 644 g/mol. The number of carbonyl (C=O) groups is 3. The molecule has 6 rings (SSSR count). The molecule has 1 amide bonds. The Balaban J connectivity index is 1.13. The molecule has 10 nitrogen and oxygen atoms in total. The van der Waals surface area contributed by atoms with Crippen LogP contribution in [0.3, 0.4) is 0 Å². The molecule has 1 unspecified atom stereocenters. The Morgan fingerprint density at radius 3 is 2.74 bits per heavy atom. The Morgan fingerprint density at radius 1 is 1.11 bits per heavy atom. The number of carbonyl (C=O) groups excluding carboxylic acids is 3. The number of hydrogen-bond acceptors (Lipinski definition) is 9. The molecular formula is C37H49N5O5. The Hall–Kier alpha value is -3.95. The van der Waals surface area contributed by atoms with Gasteiger partial charge >= 0.3 is 12.1 Å². The van der Waals surface area contributed by atoms with Crippen LogP contribution in [0.5, 0.6) is 0 Å². The molecule has 10 heteroatoms. The SMILES string of the molecule is CCOC(=O)C(CCCC[C@H]1C[C@]2(C)C(=O)CC[C@H]2[C@@H]2CCC3=CC(=NNC4=NCCN4)CCC3=C12)NC(=O)OCc1ccccc1. The van der Waals surface area contributed by atoms with E-state index in [1.54, 1.807) is 12.5 Å². The predicted octanol–water partition coefficient (Wildman–Crippen LogP) is 5.74.